The van der Waals surface area contributed by atoms with Crippen LogP contribution in [0, 0.1) is 0 Å². The van der Waals surface area contributed by atoms with E-state index in [1.807, 2.05) is 31.2 Å². The smallest absolute Gasteiger partial charge is 0.0652 e. The van der Waals surface area contributed by atoms with Gasteiger partial charge in [-0.3, -0.25) is 0 Å². The Kier molecular flexibility index (Phi) is 4.32. The number of aliphatic hydroxyl groups is 1. The number of benzene rings is 1. The normalized spacial score (nSPS) is 15.3. The van der Waals surface area contributed by atoms with Gasteiger partial charge in [0.2, 0.25) is 0 Å². The van der Waals surface area contributed by atoms with Crippen molar-refractivity contribution in [2.24, 2.45) is 0 Å². The van der Waals surface area contributed by atoms with E-state index in [4.69, 9.17) is 0 Å². The molecule has 3 heteroatoms. The largest absolute Gasteiger partial charge is 0.394 e. The molecule has 2 N–H and O–H groups in total. The molecule has 0 fully saturated rings. The highest BCUT2D eigenvalue weighted by atomic mass is 79.9. The molecule has 0 aromatic heterocycles. The van der Waals surface area contributed by atoms with E-state index in [0.29, 0.717) is 6.04 Å². The Bertz CT molecular complexity index is 310. The number of hydrogen-bond donors (Lipinski definition) is 2. The average molecular weight is 272 g/mol. The quantitative estimate of drug-likeness (QED) is 0.883. The predicted octanol–water partition coefficient (Wildman–Crippen LogP) is 2.65. The molecule has 0 aliphatic rings. The molecule has 0 bridgehead atoms. The summed E-state index contributed by atoms with van der Waals surface area (Å²) in [6.07, 6.45) is 0. The van der Waals surface area contributed by atoms with Crippen LogP contribution in [0.25, 0.3) is 0 Å². The zero-order valence-corrected chi connectivity index (χ0v) is 11.0. The van der Waals surface area contributed by atoms with Crippen LogP contribution in [0.3, 0.4) is 0 Å². The molecule has 0 aliphatic heterocycles. The van der Waals surface area contributed by atoms with Gasteiger partial charge in [0.1, 0.15) is 0 Å². The molecule has 0 radical (unpaired) electrons. The summed E-state index contributed by atoms with van der Waals surface area (Å²) in [5, 5.41) is 12.9. The molecule has 0 saturated heterocycles. The molecular formula is C12H18BrNO. The third-order valence-electron chi connectivity index (χ3n) is 2.40. The van der Waals surface area contributed by atoms with Crippen molar-refractivity contribution in [3.8, 4) is 0 Å². The standard InChI is InChI=1S/C12H18BrNO/c1-9(2)14-12(3,8-15)10-4-6-11(13)7-5-10/h4-7,9,14-15H,8H2,1-3H3. The maximum atomic E-state index is 9.48. The Hall–Kier alpha value is -0.380. The second-order valence-electron chi connectivity index (χ2n) is 4.30. The number of hydrogen-bond acceptors (Lipinski definition) is 2. The van der Waals surface area contributed by atoms with Crippen molar-refractivity contribution in [3.05, 3.63) is 34.3 Å². The molecule has 84 valence electrons. The summed E-state index contributed by atoms with van der Waals surface area (Å²) in [5.41, 5.74) is 0.733. The summed E-state index contributed by atoms with van der Waals surface area (Å²) in [5.74, 6) is 0. The Morgan fingerprint density at radius 2 is 1.87 bits per heavy atom. The lowest BCUT2D eigenvalue weighted by Crippen LogP contribution is -2.46. The maximum Gasteiger partial charge on any atom is 0.0652 e. The fourth-order valence-electron chi connectivity index (χ4n) is 1.68. The molecule has 1 aromatic carbocycles. The summed E-state index contributed by atoms with van der Waals surface area (Å²) in [6, 6.07) is 8.37. The van der Waals surface area contributed by atoms with Crippen molar-refractivity contribution >= 4 is 15.9 Å². The van der Waals surface area contributed by atoms with Crippen LogP contribution < -0.4 is 5.32 Å². The highest BCUT2D eigenvalue weighted by Gasteiger charge is 2.25. The van der Waals surface area contributed by atoms with E-state index < -0.39 is 0 Å². The minimum atomic E-state index is -0.366. The number of nitrogens with one attached hydrogen (secondary N) is 1. The SMILES string of the molecule is CC(C)NC(C)(CO)c1ccc(Br)cc1. The van der Waals surface area contributed by atoms with Crippen molar-refractivity contribution in [2.75, 3.05) is 6.61 Å². The topological polar surface area (TPSA) is 32.3 Å². The summed E-state index contributed by atoms with van der Waals surface area (Å²) < 4.78 is 1.05. The molecule has 1 aromatic rings. The Morgan fingerprint density at radius 1 is 1.33 bits per heavy atom. The fourth-order valence-corrected chi connectivity index (χ4v) is 1.94. The zero-order chi connectivity index (χ0) is 11.5. The van der Waals surface area contributed by atoms with E-state index in [2.05, 4.69) is 35.1 Å². The van der Waals surface area contributed by atoms with Crippen LogP contribution in [0.4, 0.5) is 0 Å². The summed E-state index contributed by atoms with van der Waals surface area (Å²) >= 11 is 3.40. The number of halogens is 1. The summed E-state index contributed by atoms with van der Waals surface area (Å²) in [6.45, 7) is 6.25. The summed E-state index contributed by atoms with van der Waals surface area (Å²) in [7, 11) is 0. The van der Waals surface area contributed by atoms with E-state index in [1.54, 1.807) is 0 Å². The van der Waals surface area contributed by atoms with Crippen LogP contribution in [0.2, 0.25) is 0 Å². The third kappa shape index (κ3) is 3.30. The molecule has 15 heavy (non-hydrogen) atoms. The van der Waals surface area contributed by atoms with Crippen LogP contribution >= 0.6 is 15.9 Å². The molecule has 0 spiro atoms. The van der Waals surface area contributed by atoms with Crippen LogP contribution in [0.5, 0.6) is 0 Å². The first kappa shape index (κ1) is 12.7. The zero-order valence-electron chi connectivity index (χ0n) is 9.42. The first-order valence-electron chi connectivity index (χ1n) is 5.12. The van der Waals surface area contributed by atoms with Crippen molar-refractivity contribution in [1.29, 1.82) is 0 Å². The van der Waals surface area contributed by atoms with Crippen molar-refractivity contribution in [1.82, 2.24) is 5.32 Å². The van der Waals surface area contributed by atoms with Gasteiger partial charge in [0, 0.05) is 10.5 Å². The molecular weight excluding hydrogens is 254 g/mol. The van der Waals surface area contributed by atoms with Gasteiger partial charge in [-0.05, 0) is 38.5 Å². The van der Waals surface area contributed by atoms with Crippen LogP contribution in [-0.2, 0) is 5.54 Å². The van der Waals surface area contributed by atoms with Gasteiger partial charge in [-0.25, -0.2) is 0 Å². The van der Waals surface area contributed by atoms with E-state index in [9.17, 15) is 5.11 Å². The van der Waals surface area contributed by atoms with E-state index in [0.717, 1.165) is 10.0 Å². The van der Waals surface area contributed by atoms with Crippen molar-refractivity contribution < 1.29 is 5.11 Å². The first-order valence-corrected chi connectivity index (χ1v) is 5.92. The second kappa shape index (κ2) is 5.10. The van der Waals surface area contributed by atoms with Crippen LogP contribution in [0.1, 0.15) is 26.3 Å². The van der Waals surface area contributed by atoms with Gasteiger partial charge in [0.05, 0.1) is 12.1 Å². The van der Waals surface area contributed by atoms with Crippen molar-refractivity contribution in [3.63, 3.8) is 0 Å². The lowest BCUT2D eigenvalue weighted by atomic mass is 9.92. The minimum Gasteiger partial charge on any atom is -0.394 e. The van der Waals surface area contributed by atoms with Gasteiger partial charge in [-0.2, -0.15) is 0 Å². The molecule has 2 nitrogen and oxygen atoms in total. The highest BCUT2D eigenvalue weighted by Crippen LogP contribution is 2.22. The first-order chi connectivity index (χ1) is 6.98. The molecule has 1 rings (SSSR count). The molecule has 0 aliphatic carbocycles. The lowest BCUT2D eigenvalue weighted by Gasteiger charge is -2.31. The lowest BCUT2D eigenvalue weighted by molar-refractivity contribution is 0.166. The Labute approximate surface area is 99.8 Å². The molecule has 1 atom stereocenters. The minimum absolute atomic E-state index is 0.0901. The fraction of sp³-hybridized carbons (Fsp3) is 0.500. The van der Waals surface area contributed by atoms with Gasteiger partial charge in [0.25, 0.3) is 0 Å². The van der Waals surface area contributed by atoms with Gasteiger partial charge in [-0.1, -0.05) is 28.1 Å². The highest BCUT2D eigenvalue weighted by molar-refractivity contribution is 9.10. The van der Waals surface area contributed by atoms with Crippen molar-refractivity contribution in [2.45, 2.75) is 32.4 Å². The van der Waals surface area contributed by atoms with E-state index in [-0.39, 0.29) is 12.1 Å². The van der Waals surface area contributed by atoms with Crippen LogP contribution in [-0.4, -0.2) is 17.8 Å². The Morgan fingerprint density at radius 3 is 2.27 bits per heavy atom. The molecule has 0 amide bonds. The molecule has 0 saturated carbocycles. The van der Waals surface area contributed by atoms with Crippen LogP contribution in [0.15, 0.2) is 28.7 Å². The second-order valence-corrected chi connectivity index (χ2v) is 5.21. The van der Waals surface area contributed by atoms with E-state index >= 15 is 0 Å². The summed E-state index contributed by atoms with van der Waals surface area (Å²) in [4.78, 5) is 0. The number of rotatable bonds is 4. The van der Waals surface area contributed by atoms with Gasteiger partial charge < -0.3 is 10.4 Å². The predicted molar refractivity (Wildman–Crippen MR) is 66.9 cm³/mol. The van der Waals surface area contributed by atoms with E-state index in [1.165, 1.54) is 0 Å². The Balaban J connectivity index is 2.95. The molecule has 1 unspecified atom stereocenters. The average Bonchev–Trinajstić information content (AvgIpc) is 2.17. The molecule has 0 heterocycles. The van der Waals surface area contributed by atoms with Gasteiger partial charge in [0.15, 0.2) is 0 Å². The number of aliphatic hydroxyl groups excluding tert-OH is 1. The van der Waals surface area contributed by atoms with Gasteiger partial charge in [-0.15, -0.1) is 0 Å². The monoisotopic (exact) mass is 271 g/mol. The van der Waals surface area contributed by atoms with Gasteiger partial charge >= 0.3 is 0 Å². The maximum absolute atomic E-state index is 9.48. The third-order valence-corrected chi connectivity index (χ3v) is 2.93.